The number of nitrogens with one attached hydrogen (secondary N) is 1. The van der Waals surface area contributed by atoms with Crippen molar-refractivity contribution in [2.24, 2.45) is 0 Å². The number of rotatable bonds is 4. The van der Waals surface area contributed by atoms with E-state index in [0.29, 0.717) is 5.52 Å². The largest absolute Gasteiger partial charge is 0.291 e. The maximum absolute atomic E-state index is 13.2. The zero-order chi connectivity index (χ0) is 21.1. The lowest BCUT2D eigenvalue weighted by molar-refractivity contribution is 0.0870. The van der Waals surface area contributed by atoms with Gasteiger partial charge >= 0.3 is 0 Å². The van der Waals surface area contributed by atoms with E-state index in [1.54, 1.807) is 67.0 Å². The van der Waals surface area contributed by atoms with Gasteiger partial charge in [-0.2, -0.15) is 0 Å². The number of halogens is 1. The third-order valence-electron chi connectivity index (χ3n) is 4.27. The first kappa shape index (κ1) is 20.2. The van der Waals surface area contributed by atoms with Gasteiger partial charge in [0.1, 0.15) is 10.4 Å². The van der Waals surface area contributed by atoms with E-state index in [2.05, 4.69) is 37.3 Å². The third kappa shape index (κ3) is 4.12. The van der Waals surface area contributed by atoms with E-state index in [1.165, 1.54) is 23.4 Å². The van der Waals surface area contributed by atoms with Crippen molar-refractivity contribution in [3.05, 3.63) is 94.6 Å². The van der Waals surface area contributed by atoms with Crippen LogP contribution in [0.15, 0.2) is 90.4 Å². The highest BCUT2D eigenvalue weighted by molar-refractivity contribution is 14.1. The highest BCUT2D eigenvalue weighted by Gasteiger charge is 2.23. The summed E-state index contributed by atoms with van der Waals surface area (Å²) >= 11 is 2.07. The number of allylic oxidation sites excluding steroid dienone is 4. The zero-order valence-electron chi connectivity index (χ0n) is 15.4. The highest BCUT2D eigenvalue weighted by atomic mass is 127. The van der Waals surface area contributed by atoms with Gasteiger partial charge in [-0.15, -0.1) is 0 Å². The Balaban J connectivity index is 1.76. The van der Waals surface area contributed by atoms with Gasteiger partial charge < -0.3 is 0 Å². The van der Waals surface area contributed by atoms with Gasteiger partial charge in [0.15, 0.2) is 0 Å². The maximum atomic E-state index is 13.2. The predicted molar refractivity (Wildman–Crippen MR) is 123 cm³/mol. The van der Waals surface area contributed by atoms with Gasteiger partial charge in [-0.3, -0.25) is 24.4 Å². The second kappa shape index (κ2) is 8.36. The van der Waals surface area contributed by atoms with Crippen molar-refractivity contribution in [2.45, 2.75) is 4.90 Å². The van der Waals surface area contributed by atoms with E-state index in [9.17, 15) is 13.2 Å². The van der Waals surface area contributed by atoms with E-state index >= 15 is 0 Å². The summed E-state index contributed by atoms with van der Waals surface area (Å²) in [7, 11) is -4.03. The van der Waals surface area contributed by atoms with Crippen LogP contribution >= 0.6 is 22.6 Å². The molecule has 9 heteroatoms. The van der Waals surface area contributed by atoms with Crippen LogP contribution in [0.2, 0.25) is 0 Å². The number of hydrogen-bond donors (Lipinski definition) is 1. The van der Waals surface area contributed by atoms with Crippen LogP contribution < -0.4 is 4.72 Å². The second-order valence-electron chi connectivity index (χ2n) is 6.26. The van der Waals surface area contributed by atoms with Gasteiger partial charge in [-0.25, -0.2) is 8.42 Å². The van der Waals surface area contributed by atoms with Crippen LogP contribution in [0.1, 0.15) is 10.4 Å². The fraction of sp³-hybridized carbons (Fsp3) is 0. The highest BCUT2D eigenvalue weighted by Crippen LogP contribution is 2.27. The molecule has 1 aromatic heterocycles. The lowest BCUT2D eigenvalue weighted by Crippen LogP contribution is -2.23. The normalized spacial score (nSPS) is 13.4. The van der Waals surface area contributed by atoms with Crippen molar-refractivity contribution < 1.29 is 13.2 Å². The second-order valence-corrected chi connectivity index (χ2v) is 9.15. The quantitative estimate of drug-likeness (QED) is 0.514. The van der Waals surface area contributed by atoms with Crippen LogP contribution in [0.5, 0.6) is 0 Å². The number of sulfonamides is 1. The summed E-state index contributed by atoms with van der Waals surface area (Å²) in [6, 6.07) is 9.72. The van der Waals surface area contributed by atoms with Crippen molar-refractivity contribution in [3.8, 4) is 0 Å². The molecule has 0 unspecified atom stereocenters. The molecule has 1 amide bonds. The first-order chi connectivity index (χ1) is 14.5. The predicted octanol–water partition coefficient (Wildman–Crippen LogP) is 4.07. The van der Waals surface area contributed by atoms with Gasteiger partial charge in [0.2, 0.25) is 0 Å². The monoisotopic (exact) mass is 530 g/mol. The molecule has 7 nitrogen and oxygen atoms in total. The summed E-state index contributed by atoms with van der Waals surface area (Å²) in [5.74, 6) is -0.363. The van der Waals surface area contributed by atoms with E-state index in [4.69, 9.17) is 0 Å². The molecule has 0 radical (unpaired) electrons. The van der Waals surface area contributed by atoms with Crippen LogP contribution in [0, 0.1) is 3.57 Å². The smallest absolute Gasteiger partial charge is 0.264 e. The van der Waals surface area contributed by atoms with Crippen molar-refractivity contribution in [1.29, 1.82) is 0 Å². The number of anilines is 1. The van der Waals surface area contributed by atoms with E-state index < -0.39 is 10.0 Å². The van der Waals surface area contributed by atoms with Crippen LogP contribution in [0.3, 0.4) is 0 Å². The first-order valence-electron chi connectivity index (χ1n) is 8.82. The van der Waals surface area contributed by atoms with Gasteiger partial charge in [0.25, 0.3) is 15.9 Å². The molecule has 150 valence electrons. The van der Waals surface area contributed by atoms with Crippen LogP contribution in [-0.4, -0.2) is 29.2 Å². The number of aromatic nitrogens is 2. The summed E-state index contributed by atoms with van der Waals surface area (Å²) < 4.78 is 29.7. The molecule has 4 rings (SSSR count). The Morgan fingerprint density at radius 3 is 2.47 bits per heavy atom. The molecule has 0 saturated carbocycles. The Kier molecular flexibility index (Phi) is 5.64. The molecule has 1 aliphatic heterocycles. The van der Waals surface area contributed by atoms with Crippen molar-refractivity contribution in [2.75, 3.05) is 4.72 Å². The van der Waals surface area contributed by atoms with Crippen LogP contribution in [0.4, 0.5) is 5.69 Å². The van der Waals surface area contributed by atoms with Crippen LogP contribution in [0.25, 0.3) is 11.0 Å². The van der Waals surface area contributed by atoms with Crippen molar-refractivity contribution in [1.82, 2.24) is 14.9 Å². The third-order valence-corrected chi connectivity index (χ3v) is 6.34. The number of hydrogen-bond acceptors (Lipinski definition) is 5. The molecule has 0 spiro atoms. The summed E-state index contributed by atoms with van der Waals surface area (Å²) in [5, 5.41) is 0. The number of benzene rings is 2. The van der Waals surface area contributed by atoms with E-state index in [0.717, 1.165) is 3.57 Å². The molecular weight excluding hydrogens is 515 g/mol. The van der Waals surface area contributed by atoms with Gasteiger partial charge in [0.05, 0.1) is 16.8 Å². The topological polar surface area (TPSA) is 92.3 Å². The minimum Gasteiger partial charge on any atom is -0.291 e. The van der Waals surface area contributed by atoms with Gasteiger partial charge in [-0.05, 0) is 65.1 Å². The van der Waals surface area contributed by atoms with E-state index in [1.807, 2.05) is 0 Å². The van der Waals surface area contributed by atoms with Gasteiger partial charge in [0, 0.05) is 28.4 Å². The molecule has 0 saturated heterocycles. The molecule has 1 aliphatic rings. The number of fused-ring (bicyclic) bond motifs is 1. The molecule has 0 bridgehead atoms. The molecule has 30 heavy (non-hydrogen) atoms. The first-order valence-corrected chi connectivity index (χ1v) is 11.4. The molecule has 2 aromatic carbocycles. The maximum Gasteiger partial charge on any atom is 0.264 e. The molecule has 0 aliphatic carbocycles. The lowest BCUT2D eigenvalue weighted by Gasteiger charge is -2.17. The Morgan fingerprint density at radius 1 is 0.967 bits per heavy atom. The molecular formula is C21H15IN4O3S. The lowest BCUT2D eigenvalue weighted by atomic mass is 10.1. The van der Waals surface area contributed by atoms with Gasteiger partial charge in [-0.1, -0.05) is 18.2 Å². The summed E-state index contributed by atoms with van der Waals surface area (Å²) in [6.07, 6.45) is 13.2. The van der Waals surface area contributed by atoms with Crippen LogP contribution in [-0.2, 0) is 10.0 Å². The molecule has 0 fully saturated rings. The Hall–Kier alpha value is -3.05. The number of nitrogens with zero attached hydrogens (tertiary/aromatic N) is 3. The Labute approximate surface area is 187 Å². The fourth-order valence-electron chi connectivity index (χ4n) is 2.91. The standard InChI is InChI=1S/C21H15IN4O3S/c22-15-8-9-16(21(27)26-12-3-1-2-4-13-26)18(14-15)25-30(28,29)19-7-5-6-17-20(19)24-11-10-23-17/h1-14,25H. The summed E-state index contributed by atoms with van der Waals surface area (Å²) in [4.78, 5) is 22.8. The molecule has 3 aromatic rings. The van der Waals surface area contributed by atoms with Crippen molar-refractivity contribution >= 4 is 55.2 Å². The average Bonchev–Trinajstić information content (AvgIpc) is 3.02. The zero-order valence-corrected chi connectivity index (χ0v) is 18.4. The fourth-order valence-corrected chi connectivity index (χ4v) is 4.64. The number of amides is 1. The number of carbonyl (C=O) groups is 1. The molecule has 0 atom stereocenters. The minimum atomic E-state index is -4.03. The number of carbonyl (C=O) groups excluding carboxylic acids is 1. The summed E-state index contributed by atoms with van der Waals surface area (Å²) in [6.45, 7) is 0. The Morgan fingerprint density at radius 2 is 1.70 bits per heavy atom. The minimum absolute atomic E-state index is 0.0101. The number of para-hydroxylation sites is 1. The summed E-state index contributed by atoms with van der Waals surface area (Å²) in [5.41, 5.74) is 1.13. The average molecular weight is 530 g/mol. The Bertz CT molecular complexity index is 1310. The molecule has 2 heterocycles. The molecule has 1 N–H and O–H groups in total. The SMILES string of the molecule is O=C(c1ccc(I)cc1NS(=O)(=O)c1cccc2nccnc12)N1C=CC=CC=C1. The van der Waals surface area contributed by atoms with E-state index in [-0.39, 0.29) is 27.6 Å². The van der Waals surface area contributed by atoms with Crippen molar-refractivity contribution in [3.63, 3.8) is 0 Å².